The number of benzene rings is 1. The molecule has 2 N–H and O–H groups in total. The van der Waals surface area contributed by atoms with Crippen LogP contribution >= 0.6 is 0 Å². The topological polar surface area (TPSA) is 39.1 Å². The maximum atomic E-state index is 7.49. The molecule has 0 amide bonds. The van der Waals surface area contributed by atoms with Crippen LogP contribution in [0.1, 0.15) is 5.56 Å². The highest BCUT2D eigenvalue weighted by Gasteiger charge is 2.10. The molecular formula is C13H17N3. The van der Waals surface area contributed by atoms with E-state index >= 15 is 0 Å². The van der Waals surface area contributed by atoms with Gasteiger partial charge in [-0.1, -0.05) is 30.3 Å². The lowest BCUT2D eigenvalue weighted by molar-refractivity contribution is 0.315. The molecular weight excluding hydrogens is 198 g/mol. The van der Waals surface area contributed by atoms with Gasteiger partial charge in [-0.25, -0.2) is 0 Å². The molecule has 1 aromatic rings. The number of rotatable bonds is 3. The molecule has 3 nitrogen and oxygen atoms in total. The van der Waals surface area contributed by atoms with E-state index in [1.165, 1.54) is 6.21 Å². The third-order valence-electron chi connectivity index (χ3n) is 2.74. The maximum Gasteiger partial charge on any atom is 0.0551 e. The van der Waals surface area contributed by atoms with Gasteiger partial charge in [-0.2, -0.15) is 0 Å². The van der Waals surface area contributed by atoms with Gasteiger partial charge in [-0.05, 0) is 11.6 Å². The Labute approximate surface area is 96.3 Å². The van der Waals surface area contributed by atoms with Gasteiger partial charge in [0.05, 0.1) is 5.70 Å². The first-order chi connectivity index (χ1) is 7.90. The second kappa shape index (κ2) is 5.47. The Morgan fingerprint density at radius 3 is 2.50 bits per heavy atom. The minimum absolute atomic E-state index is 0.980. The summed E-state index contributed by atoms with van der Waals surface area (Å²) in [5.41, 5.74) is 2.15. The molecule has 0 aromatic heterocycles. The van der Waals surface area contributed by atoms with E-state index in [-0.39, 0.29) is 0 Å². The van der Waals surface area contributed by atoms with Gasteiger partial charge in [0.2, 0.25) is 0 Å². The van der Waals surface area contributed by atoms with Crippen LogP contribution in [0, 0.1) is 5.41 Å². The van der Waals surface area contributed by atoms with Crippen LogP contribution in [0.3, 0.4) is 0 Å². The Balaban J connectivity index is 2.15. The number of nitrogens with zero attached hydrogens (tertiary/aromatic N) is 1. The highest BCUT2D eigenvalue weighted by atomic mass is 15.2. The summed E-state index contributed by atoms with van der Waals surface area (Å²) in [5.74, 6) is 0. The molecule has 1 heterocycles. The molecule has 0 aliphatic carbocycles. The number of nitrogens with one attached hydrogen (secondary N) is 2. The molecule has 16 heavy (non-hydrogen) atoms. The van der Waals surface area contributed by atoms with E-state index in [4.69, 9.17) is 5.41 Å². The average Bonchev–Trinajstić information content (AvgIpc) is 2.38. The molecule has 0 atom stereocenters. The summed E-state index contributed by atoms with van der Waals surface area (Å²) >= 11 is 0. The number of allylic oxidation sites excluding steroid dienone is 1. The average molecular weight is 215 g/mol. The van der Waals surface area contributed by atoms with Crippen LogP contribution in [0.5, 0.6) is 0 Å². The van der Waals surface area contributed by atoms with Crippen LogP contribution in [-0.2, 0) is 0 Å². The van der Waals surface area contributed by atoms with E-state index in [9.17, 15) is 0 Å². The second-order valence-electron chi connectivity index (χ2n) is 3.86. The van der Waals surface area contributed by atoms with Crippen molar-refractivity contribution in [3.63, 3.8) is 0 Å². The molecule has 0 saturated carbocycles. The molecule has 84 valence electrons. The first-order valence-electron chi connectivity index (χ1n) is 5.63. The monoisotopic (exact) mass is 215 g/mol. The first kappa shape index (κ1) is 10.9. The van der Waals surface area contributed by atoms with E-state index < -0.39 is 0 Å². The van der Waals surface area contributed by atoms with Gasteiger partial charge in [0.25, 0.3) is 0 Å². The Kier molecular flexibility index (Phi) is 3.72. The van der Waals surface area contributed by atoms with Crippen molar-refractivity contribution in [1.82, 2.24) is 10.2 Å². The fourth-order valence-corrected chi connectivity index (χ4v) is 1.87. The number of hydrogen-bond donors (Lipinski definition) is 2. The van der Waals surface area contributed by atoms with Crippen LogP contribution in [0.25, 0.3) is 6.08 Å². The number of piperazine rings is 1. The Morgan fingerprint density at radius 1 is 1.19 bits per heavy atom. The third kappa shape index (κ3) is 2.70. The van der Waals surface area contributed by atoms with Crippen LogP contribution in [-0.4, -0.2) is 37.3 Å². The maximum absolute atomic E-state index is 7.49. The Hall–Kier alpha value is -1.61. The second-order valence-corrected chi connectivity index (χ2v) is 3.86. The Morgan fingerprint density at radius 2 is 1.88 bits per heavy atom. The number of hydrogen-bond acceptors (Lipinski definition) is 3. The van der Waals surface area contributed by atoms with Crippen molar-refractivity contribution in [2.45, 2.75) is 0 Å². The summed E-state index contributed by atoms with van der Waals surface area (Å²) in [6.07, 6.45) is 3.51. The van der Waals surface area contributed by atoms with Crippen molar-refractivity contribution in [1.29, 1.82) is 5.41 Å². The van der Waals surface area contributed by atoms with Gasteiger partial charge < -0.3 is 15.6 Å². The highest BCUT2D eigenvalue weighted by Crippen LogP contribution is 2.09. The predicted octanol–water partition coefficient (Wildman–Crippen LogP) is 1.58. The van der Waals surface area contributed by atoms with Gasteiger partial charge in [-0.15, -0.1) is 0 Å². The fourth-order valence-electron chi connectivity index (χ4n) is 1.87. The lowest BCUT2D eigenvalue weighted by Gasteiger charge is -2.29. The van der Waals surface area contributed by atoms with Crippen molar-refractivity contribution in [2.75, 3.05) is 26.2 Å². The summed E-state index contributed by atoms with van der Waals surface area (Å²) in [6.45, 7) is 3.96. The molecule has 2 rings (SSSR count). The zero-order chi connectivity index (χ0) is 11.2. The van der Waals surface area contributed by atoms with Gasteiger partial charge in [0.15, 0.2) is 0 Å². The van der Waals surface area contributed by atoms with Crippen LogP contribution in [0.15, 0.2) is 36.0 Å². The fraction of sp³-hybridized carbons (Fsp3) is 0.308. The molecule has 1 fully saturated rings. The molecule has 0 bridgehead atoms. The lowest BCUT2D eigenvalue weighted by Crippen LogP contribution is -2.43. The third-order valence-corrected chi connectivity index (χ3v) is 2.74. The van der Waals surface area contributed by atoms with Crippen molar-refractivity contribution in [3.05, 3.63) is 41.6 Å². The van der Waals surface area contributed by atoms with Crippen LogP contribution in [0.2, 0.25) is 0 Å². The molecule has 0 unspecified atom stereocenters. The smallest absolute Gasteiger partial charge is 0.0551 e. The molecule has 1 saturated heterocycles. The van der Waals surface area contributed by atoms with Crippen molar-refractivity contribution >= 4 is 12.3 Å². The lowest BCUT2D eigenvalue weighted by atomic mass is 10.2. The van der Waals surface area contributed by atoms with Crippen LogP contribution in [0.4, 0.5) is 0 Å². The minimum atomic E-state index is 0.980. The summed E-state index contributed by atoms with van der Waals surface area (Å²) in [4.78, 5) is 2.25. The zero-order valence-corrected chi connectivity index (χ0v) is 9.32. The molecule has 1 aliphatic rings. The SMILES string of the molecule is N=CC(=Cc1ccccc1)N1CCNCC1. The van der Waals surface area contributed by atoms with Gasteiger partial charge >= 0.3 is 0 Å². The van der Waals surface area contributed by atoms with E-state index in [1.54, 1.807) is 0 Å². The first-order valence-corrected chi connectivity index (χ1v) is 5.63. The van der Waals surface area contributed by atoms with Crippen LogP contribution < -0.4 is 5.32 Å². The normalized spacial score (nSPS) is 17.2. The van der Waals surface area contributed by atoms with E-state index in [2.05, 4.69) is 28.4 Å². The summed E-state index contributed by atoms with van der Waals surface area (Å²) < 4.78 is 0. The van der Waals surface area contributed by atoms with E-state index in [1.807, 2.05) is 18.2 Å². The van der Waals surface area contributed by atoms with E-state index in [0.29, 0.717) is 0 Å². The Bertz CT molecular complexity index is 364. The van der Waals surface area contributed by atoms with E-state index in [0.717, 1.165) is 37.4 Å². The van der Waals surface area contributed by atoms with Gasteiger partial charge in [-0.3, -0.25) is 0 Å². The summed E-state index contributed by atoms with van der Waals surface area (Å²) in [6, 6.07) is 10.2. The summed E-state index contributed by atoms with van der Waals surface area (Å²) in [7, 11) is 0. The molecule has 1 aromatic carbocycles. The van der Waals surface area contributed by atoms with Gasteiger partial charge in [0, 0.05) is 32.4 Å². The molecule has 1 aliphatic heterocycles. The quantitative estimate of drug-likeness (QED) is 0.751. The van der Waals surface area contributed by atoms with Crippen molar-refractivity contribution < 1.29 is 0 Å². The largest absolute Gasteiger partial charge is 0.368 e. The molecule has 0 radical (unpaired) electrons. The van der Waals surface area contributed by atoms with Gasteiger partial charge in [0.1, 0.15) is 0 Å². The summed E-state index contributed by atoms with van der Waals surface area (Å²) in [5, 5.41) is 10.8. The highest BCUT2D eigenvalue weighted by molar-refractivity contribution is 5.82. The molecule has 3 heteroatoms. The minimum Gasteiger partial charge on any atom is -0.368 e. The van der Waals surface area contributed by atoms with Crippen molar-refractivity contribution in [3.8, 4) is 0 Å². The van der Waals surface area contributed by atoms with Crippen molar-refractivity contribution in [2.24, 2.45) is 0 Å². The zero-order valence-electron chi connectivity index (χ0n) is 9.32. The predicted molar refractivity (Wildman–Crippen MR) is 67.6 cm³/mol. The molecule has 0 spiro atoms. The standard InChI is InChI=1S/C13H17N3/c14-11-13(16-8-6-15-7-9-16)10-12-4-2-1-3-5-12/h1-5,10-11,14-15H,6-9H2.